The van der Waals surface area contributed by atoms with Gasteiger partial charge in [-0.05, 0) is 31.1 Å². The number of sulfonamides is 1. The van der Waals surface area contributed by atoms with Crippen molar-refractivity contribution in [3.05, 3.63) is 0 Å². The Bertz CT molecular complexity index is 299. The van der Waals surface area contributed by atoms with Gasteiger partial charge in [-0.3, -0.25) is 0 Å². The summed E-state index contributed by atoms with van der Waals surface area (Å²) >= 11 is 0. The van der Waals surface area contributed by atoms with Crippen LogP contribution in [0.25, 0.3) is 0 Å². The molecule has 0 aromatic rings. The molecule has 1 heterocycles. The van der Waals surface area contributed by atoms with Gasteiger partial charge in [-0.25, -0.2) is 13.1 Å². The molecule has 2 rings (SSSR count). The van der Waals surface area contributed by atoms with E-state index in [1.54, 1.807) is 0 Å². The summed E-state index contributed by atoms with van der Waals surface area (Å²) in [6, 6.07) is 0.177. The molecule has 0 aromatic heterocycles. The lowest BCUT2D eigenvalue weighted by atomic mass is 9.69. The van der Waals surface area contributed by atoms with Gasteiger partial charge in [0, 0.05) is 19.1 Å². The molecule has 0 amide bonds. The zero-order valence-electron chi connectivity index (χ0n) is 8.54. The molecule has 2 aliphatic rings. The third-order valence-corrected chi connectivity index (χ3v) is 4.19. The maximum atomic E-state index is 11.0. The molecule has 0 radical (unpaired) electrons. The highest BCUT2D eigenvalue weighted by molar-refractivity contribution is 7.88. The topological polar surface area (TPSA) is 58.2 Å². The summed E-state index contributed by atoms with van der Waals surface area (Å²) in [6.07, 6.45) is 5.55. The van der Waals surface area contributed by atoms with Crippen molar-refractivity contribution in [2.24, 2.45) is 5.41 Å². The lowest BCUT2D eigenvalue weighted by Crippen LogP contribution is -2.56. The fourth-order valence-electron chi connectivity index (χ4n) is 2.48. The molecule has 0 unspecified atom stereocenters. The summed E-state index contributed by atoms with van der Waals surface area (Å²) in [4.78, 5) is 0. The third kappa shape index (κ3) is 2.27. The van der Waals surface area contributed by atoms with Crippen LogP contribution in [0.5, 0.6) is 0 Å². The Morgan fingerprint density at radius 3 is 2.21 bits per heavy atom. The van der Waals surface area contributed by atoms with Gasteiger partial charge in [-0.15, -0.1) is 0 Å². The summed E-state index contributed by atoms with van der Waals surface area (Å²) < 4.78 is 24.7. The molecule has 14 heavy (non-hydrogen) atoms. The largest absolute Gasteiger partial charge is 0.316 e. The summed E-state index contributed by atoms with van der Waals surface area (Å²) in [5.41, 5.74) is 0.510. The lowest BCUT2D eigenvalue weighted by Gasteiger charge is -2.47. The Morgan fingerprint density at radius 2 is 1.86 bits per heavy atom. The van der Waals surface area contributed by atoms with Crippen LogP contribution in [0.2, 0.25) is 0 Å². The van der Waals surface area contributed by atoms with E-state index in [0.29, 0.717) is 5.41 Å². The predicted octanol–water partition coefficient (Wildman–Crippen LogP) is 0.0678. The van der Waals surface area contributed by atoms with E-state index in [4.69, 9.17) is 0 Å². The minimum Gasteiger partial charge on any atom is -0.316 e. The molecule has 0 bridgehead atoms. The van der Waals surface area contributed by atoms with Gasteiger partial charge in [0.05, 0.1) is 6.26 Å². The first-order chi connectivity index (χ1) is 6.49. The number of nitrogens with one attached hydrogen (secondary N) is 2. The molecule has 5 heteroatoms. The van der Waals surface area contributed by atoms with E-state index in [0.717, 1.165) is 38.8 Å². The molecule has 0 aromatic carbocycles. The number of hydrogen-bond donors (Lipinski definition) is 2. The van der Waals surface area contributed by atoms with Gasteiger partial charge in [0.2, 0.25) is 10.0 Å². The molecule has 1 saturated heterocycles. The van der Waals surface area contributed by atoms with Crippen LogP contribution in [0, 0.1) is 5.41 Å². The average molecular weight is 218 g/mol. The third-order valence-electron chi connectivity index (χ3n) is 3.43. The van der Waals surface area contributed by atoms with Gasteiger partial charge in [0.15, 0.2) is 0 Å². The highest BCUT2D eigenvalue weighted by Gasteiger charge is 2.40. The van der Waals surface area contributed by atoms with E-state index in [-0.39, 0.29) is 6.04 Å². The first-order valence-electron chi connectivity index (χ1n) is 5.17. The number of hydrogen-bond acceptors (Lipinski definition) is 3. The van der Waals surface area contributed by atoms with Crippen LogP contribution in [0.4, 0.5) is 0 Å². The predicted molar refractivity (Wildman–Crippen MR) is 55.5 cm³/mol. The summed E-state index contributed by atoms with van der Waals surface area (Å²) in [5, 5.41) is 3.30. The molecule has 1 spiro atoms. The molecule has 1 aliphatic carbocycles. The van der Waals surface area contributed by atoms with Crippen molar-refractivity contribution in [2.75, 3.05) is 19.3 Å². The second-order valence-electron chi connectivity index (χ2n) is 4.77. The highest BCUT2D eigenvalue weighted by Crippen LogP contribution is 2.39. The smallest absolute Gasteiger partial charge is 0.208 e. The van der Waals surface area contributed by atoms with E-state index in [1.807, 2.05) is 0 Å². The van der Waals surface area contributed by atoms with Crippen molar-refractivity contribution in [1.29, 1.82) is 0 Å². The number of rotatable bonds is 2. The van der Waals surface area contributed by atoms with Crippen molar-refractivity contribution >= 4 is 10.0 Å². The normalized spacial score (nSPS) is 27.5. The van der Waals surface area contributed by atoms with Crippen LogP contribution in [0.15, 0.2) is 0 Å². The van der Waals surface area contributed by atoms with Crippen molar-refractivity contribution in [1.82, 2.24) is 10.0 Å². The average Bonchev–Trinajstić information content (AvgIpc) is 2.00. The SMILES string of the molecule is CS(=O)(=O)NC1CCC2(CC1)CNC2. The molecule has 0 atom stereocenters. The molecule has 1 saturated carbocycles. The second-order valence-corrected chi connectivity index (χ2v) is 6.55. The van der Waals surface area contributed by atoms with Gasteiger partial charge in [0.25, 0.3) is 0 Å². The maximum absolute atomic E-state index is 11.0. The van der Waals surface area contributed by atoms with Gasteiger partial charge in [-0.2, -0.15) is 0 Å². The van der Waals surface area contributed by atoms with Crippen molar-refractivity contribution in [2.45, 2.75) is 31.7 Å². The minimum atomic E-state index is -3.02. The molecule has 2 N–H and O–H groups in total. The Morgan fingerprint density at radius 1 is 1.29 bits per heavy atom. The zero-order chi connectivity index (χ0) is 10.2. The van der Waals surface area contributed by atoms with E-state index in [1.165, 1.54) is 6.26 Å². The molecular weight excluding hydrogens is 200 g/mol. The van der Waals surface area contributed by atoms with Crippen molar-refractivity contribution < 1.29 is 8.42 Å². The zero-order valence-corrected chi connectivity index (χ0v) is 9.36. The van der Waals surface area contributed by atoms with Gasteiger partial charge in [-0.1, -0.05) is 0 Å². The Balaban J connectivity index is 1.84. The first kappa shape index (κ1) is 10.4. The van der Waals surface area contributed by atoms with Gasteiger partial charge >= 0.3 is 0 Å². The quantitative estimate of drug-likeness (QED) is 0.689. The molecular formula is C9H18N2O2S. The second kappa shape index (κ2) is 3.47. The highest BCUT2D eigenvalue weighted by atomic mass is 32.2. The fraction of sp³-hybridized carbons (Fsp3) is 1.00. The van der Waals surface area contributed by atoms with Gasteiger partial charge < -0.3 is 5.32 Å². The van der Waals surface area contributed by atoms with Crippen LogP contribution in [-0.4, -0.2) is 33.8 Å². The first-order valence-corrected chi connectivity index (χ1v) is 7.06. The molecule has 2 fully saturated rings. The lowest BCUT2D eigenvalue weighted by molar-refractivity contribution is 0.0956. The molecule has 82 valence electrons. The minimum absolute atomic E-state index is 0.177. The maximum Gasteiger partial charge on any atom is 0.208 e. The standard InChI is InChI=1S/C9H18N2O2S/c1-14(12,13)11-8-2-4-9(5-3-8)6-10-7-9/h8,10-11H,2-7H2,1H3. The van der Waals surface area contributed by atoms with Crippen LogP contribution >= 0.6 is 0 Å². The van der Waals surface area contributed by atoms with Crippen LogP contribution in [0.1, 0.15) is 25.7 Å². The Hall–Kier alpha value is -0.130. The summed E-state index contributed by atoms with van der Waals surface area (Å²) in [7, 11) is -3.02. The van der Waals surface area contributed by atoms with Crippen LogP contribution < -0.4 is 10.0 Å². The fourth-order valence-corrected chi connectivity index (χ4v) is 3.32. The molecule has 4 nitrogen and oxygen atoms in total. The van der Waals surface area contributed by atoms with Crippen molar-refractivity contribution in [3.8, 4) is 0 Å². The van der Waals surface area contributed by atoms with E-state index >= 15 is 0 Å². The van der Waals surface area contributed by atoms with Crippen molar-refractivity contribution in [3.63, 3.8) is 0 Å². The van der Waals surface area contributed by atoms with Crippen LogP contribution in [0.3, 0.4) is 0 Å². The van der Waals surface area contributed by atoms with Crippen LogP contribution in [-0.2, 0) is 10.0 Å². The summed E-state index contributed by atoms with van der Waals surface area (Å²) in [5.74, 6) is 0. The molecule has 1 aliphatic heterocycles. The Labute approximate surface area is 85.5 Å². The van der Waals surface area contributed by atoms with Gasteiger partial charge in [0.1, 0.15) is 0 Å². The monoisotopic (exact) mass is 218 g/mol. The van der Waals surface area contributed by atoms with E-state index < -0.39 is 10.0 Å². The summed E-state index contributed by atoms with van der Waals surface area (Å²) in [6.45, 7) is 2.25. The van der Waals surface area contributed by atoms with E-state index in [2.05, 4.69) is 10.0 Å². The van der Waals surface area contributed by atoms with E-state index in [9.17, 15) is 8.42 Å². The Kier molecular flexibility index (Phi) is 2.57.